The largest absolute Gasteiger partial charge is 0.378 e. The molecule has 2 heterocycles. The average molecular weight is 422 g/mol. The van der Waals surface area contributed by atoms with Crippen molar-refractivity contribution in [2.24, 2.45) is 0 Å². The number of ether oxygens (including phenoxy) is 1. The van der Waals surface area contributed by atoms with Gasteiger partial charge in [0.1, 0.15) is 9.39 Å². The van der Waals surface area contributed by atoms with Gasteiger partial charge in [-0.3, -0.25) is 9.78 Å². The topological polar surface area (TPSA) is 67.9 Å². The number of H-pyrrole nitrogens is 1. The lowest BCUT2D eigenvalue weighted by Gasteiger charge is -2.06. The maximum absolute atomic E-state index is 11.8. The van der Waals surface area contributed by atoms with Crippen LogP contribution < -0.4 is 5.56 Å². The summed E-state index contributed by atoms with van der Waals surface area (Å²) >= 11 is 5.29. The Balaban J connectivity index is 2.55. The van der Waals surface area contributed by atoms with Crippen LogP contribution in [0.3, 0.4) is 0 Å². The number of aromatic amines is 1. The molecule has 2 aromatic heterocycles. The molecule has 1 N–H and O–H groups in total. The number of hydrogen-bond donors (Lipinski definition) is 1. The summed E-state index contributed by atoms with van der Waals surface area (Å²) in [5, 5.41) is 0. The lowest BCUT2D eigenvalue weighted by atomic mass is 10.2. The van der Waals surface area contributed by atoms with Crippen LogP contribution >= 0.6 is 38.5 Å². The van der Waals surface area contributed by atoms with E-state index < -0.39 is 0 Å². The fourth-order valence-corrected chi connectivity index (χ4v) is 2.19. The molecule has 0 amide bonds. The Morgan fingerprint density at radius 3 is 2.94 bits per heavy atom. The van der Waals surface area contributed by atoms with Crippen LogP contribution in [0.2, 0.25) is 0 Å². The fourth-order valence-electron chi connectivity index (χ4n) is 1.42. The molecule has 0 radical (unpaired) electrons. The van der Waals surface area contributed by atoms with Gasteiger partial charge in [0.2, 0.25) is 0 Å². The Hall–Kier alpha value is -0.800. The highest BCUT2D eigenvalue weighted by Gasteiger charge is 2.10. The quantitative estimate of drug-likeness (QED) is 0.772. The minimum Gasteiger partial charge on any atom is -0.378 e. The molecule has 2 aromatic rings. The summed E-state index contributed by atoms with van der Waals surface area (Å²) in [6.45, 7) is 0.302. The predicted octanol–water partition coefficient (Wildman–Crippen LogP) is 2.35. The van der Waals surface area contributed by atoms with E-state index in [1.54, 1.807) is 19.5 Å². The monoisotopic (exact) mass is 421 g/mol. The first-order valence-corrected chi connectivity index (χ1v) is 6.87. The third-order valence-corrected chi connectivity index (χ3v) is 3.74. The second-order valence-electron chi connectivity index (χ2n) is 3.50. The van der Waals surface area contributed by atoms with Gasteiger partial charge in [0.15, 0.2) is 0 Å². The van der Waals surface area contributed by atoms with E-state index in [4.69, 9.17) is 4.74 Å². The summed E-state index contributed by atoms with van der Waals surface area (Å²) in [6.07, 6.45) is 3.32. The van der Waals surface area contributed by atoms with E-state index >= 15 is 0 Å². The molecule has 0 unspecified atom stereocenters. The zero-order chi connectivity index (χ0) is 13.1. The van der Waals surface area contributed by atoms with Gasteiger partial charge in [0.05, 0.1) is 12.3 Å². The molecule has 0 fully saturated rings. The van der Waals surface area contributed by atoms with E-state index in [0.29, 0.717) is 21.7 Å². The van der Waals surface area contributed by atoms with Crippen molar-refractivity contribution in [3.8, 4) is 11.4 Å². The Morgan fingerprint density at radius 2 is 2.28 bits per heavy atom. The molecule has 0 spiro atoms. The van der Waals surface area contributed by atoms with Gasteiger partial charge in [-0.2, -0.15) is 0 Å². The Bertz CT molecular complexity index is 630. The Morgan fingerprint density at radius 1 is 1.50 bits per heavy atom. The first-order chi connectivity index (χ1) is 8.61. The van der Waals surface area contributed by atoms with E-state index in [-0.39, 0.29) is 5.56 Å². The second-order valence-corrected chi connectivity index (χ2v) is 5.49. The summed E-state index contributed by atoms with van der Waals surface area (Å²) in [6, 6.07) is 1.84. The number of methoxy groups -OCH3 is 1. The number of pyridine rings is 1. The molecule has 0 atom stereocenters. The molecular formula is C11H9BrIN3O2. The zero-order valence-corrected chi connectivity index (χ0v) is 13.1. The first-order valence-electron chi connectivity index (χ1n) is 5.00. The van der Waals surface area contributed by atoms with Gasteiger partial charge < -0.3 is 9.72 Å². The maximum Gasteiger partial charge on any atom is 0.264 e. The number of rotatable bonds is 3. The van der Waals surface area contributed by atoms with E-state index in [2.05, 4.69) is 30.9 Å². The summed E-state index contributed by atoms with van der Waals surface area (Å²) in [4.78, 5) is 23.0. The van der Waals surface area contributed by atoms with Crippen molar-refractivity contribution in [2.45, 2.75) is 6.61 Å². The van der Waals surface area contributed by atoms with Crippen LogP contribution in [0.25, 0.3) is 11.4 Å². The van der Waals surface area contributed by atoms with Gasteiger partial charge in [0.25, 0.3) is 5.56 Å². The molecule has 0 aliphatic rings. The van der Waals surface area contributed by atoms with Crippen molar-refractivity contribution in [3.63, 3.8) is 0 Å². The van der Waals surface area contributed by atoms with Gasteiger partial charge in [-0.25, -0.2) is 4.98 Å². The SMILES string of the molecule is COCc1nc(-c2cncc(Br)c2)[nH]c(=O)c1I. The second kappa shape index (κ2) is 5.89. The van der Waals surface area contributed by atoms with Crippen LogP contribution in [0.5, 0.6) is 0 Å². The lowest BCUT2D eigenvalue weighted by Crippen LogP contribution is -2.16. The number of hydrogen-bond acceptors (Lipinski definition) is 4. The molecule has 0 aliphatic carbocycles. The third kappa shape index (κ3) is 2.96. The molecule has 0 aromatic carbocycles. The Kier molecular flexibility index (Phi) is 4.46. The van der Waals surface area contributed by atoms with Crippen LogP contribution in [0.15, 0.2) is 27.7 Å². The third-order valence-electron chi connectivity index (χ3n) is 2.19. The standard InChI is InChI=1S/C11H9BrIN3O2/c1-18-5-8-9(13)11(17)16-10(15-8)6-2-7(12)4-14-3-6/h2-4H,5H2,1H3,(H,15,16,17). The summed E-state index contributed by atoms with van der Waals surface area (Å²) in [7, 11) is 1.57. The van der Waals surface area contributed by atoms with Crippen molar-refractivity contribution < 1.29 is 4.74 Å². The Labute approximate surface area is 125 Å². The van der Waals surface area contributed by atoms with Crippen molar-refractivity contribution in [1.29, 1.82) is 0 Å². The lowest BCUT2D eigenvalue weighted by molar-refractivity contribution is 0.180. The molecule has 94 valence electrons. The normalized spacial score (nSPS) is 10.6. The highest BCUT2D eigenvalue weighted by Crippen LogP contribution is 2.18. The molecule has 0 saturated heterocycles. The van der Waals surface area contributed by atoms with Crippen LogP contribution in [-0.2, 0) is 11.3 Å². The molecule has 0 bridgehead atoms. The summed E-state index contributed by atoms with van der Waals surface area (Å²) < 4.78 is 6.40. The molecule has 0 aliphatic heterocycles. The molecular weight excluding hydrogens is 413 g/mol. The van der Waals surface area contributed by atoms with E-state index in [0.717, 1.165) is 10.0 Å². The molecule has 7 heteroatoms. The molecule has 2 rings (SSSR count). The fraction of sp³-hybridized carbons (Fsp3) is 0.182. The molecule has 5 nitrogen and oxygen atoms in total. The molecule has 0 saturated carbocycles. The van der Waals surface area contributed by atoms with Crippen molar-refractivity contribution in [3.05, 3.63) is 42.6 Å². The van der Waals surface area contributed by atoms with Crippen LogP contribution in [0.4, 0.5) is 0 Å². The van der Waals surface area contributed by atoms with Crippen molar-refractivity contribution in [2.75, 3.05) is 7.11 Å². The zero-order valence-electron chi connectivity index (χ0n) is 9.41. The highest BCUT2D eigenvalue weighted by atomic mass is 127. The van der Waals surface area contributed by atoms with Crippen molar-refractivity contribution in [1.82, 2.24) is 15.0 Å². The van der Waals surface area contributed by atoms with Gasteiger partial charge in [-0.05, 0) is 44.6 Å². The van der Waals surface area contributed by atoms with E-state index in [9.17, 15) is 4.79 Å². The summed E-state index contributed by atoms with van der Waals surface area (Å²) in [5.41, 5.74) is 1.19. The van der Waals surface area contributed by atoms with E-state index in [1.807, 2.05) is 28.7 Å². The van der Waals surface area contributed by atoms with Crippen molar-refractivity contribution >= 4 is 38.5 Å². The smallest absolute Gasteiger partial charge is 0.264 e. The first kappa shape index (κ1) is 13.6. The number of nitrogens with zero attached hydrogens (tertiary/aromatic N) is 2. The maximum atomic E-state index is 11.8. The van der Waals surface area contributed by atoms with Gasteiger partial charge >= 0.3 is 0 Å². The number of halogens is 2. The van der Waals surface area contributed by atoms with Gasteiger partial charge in [-0.15, -0.1) is 0 Å². The molecule has 18 heavy (non-hydrogen) atoms. The average Bonchev–Trinajstić information content (AvgIpc) is 2.35. The minimum atomic E-state index is -0.173. The van der Waals surface area contributed by atoms with Crippen LogP contribution in [0.1, 0.15) is 5.69 Å². The van der Waals surface area contributed by atoms with E-state index in [1.165, 1.54) is 0 Å². The van der Waals surface area contributed by atoms with Gasteiger partial charge in [-0.1, -0.05) is 0 Å². The summed E-state index contributed by atoms with van der Waals surface area (Å²) in [5.74, 6) is 0.487. The predicted molar refractivity (Wildman–Crippen MR) is 79.2 cm³/mol. The van der Waals surface area contributed by atoms with Gasteiger partial charge in [0, 0.05) is 29.5 Å². The minimum absolute atomic E-state index is 0.173. The number of aromatic nitrogens is 3. The number of nitrogens with one attached hydrogen (secondary N) is 1. The highest BCUT2D eigenvalue weighted by molar-refractivity contribution is 14.1. The van der Waals surface area contributed by atoms with Crippen LogP contribution in [-0.4, -0.2) is 22.1 Å². The van der Waals surface area contributed by atoms with Crippen LogP contribution in [0, 0.1) is 3.57 Å².